The third-order valence-corrected chi connectivity index (χ3v) is 5.95. The Morgan fingerprint density at radius 2 is 2.03 bits per heavy atom. The Hall–Kier alpha value is -3.40. The molecule has 1 amide bonds. The first-order chi connectivity index (χ1) is 14.3. The summed E-state index contributed by atoms with van der Waals surface area (Å²) in [4.78, 5) is 42.1. The Morgan fingerprint density at radius 3 is 2.63 bits per heavy atom. The van der Waals surface area contributed by atoms with E-state index in [1.165, 1.54) is 25.1 Å². The fourth-order valence-electron chi connectivity index (χ4n) is 3.20. The minimum atomic E-state index is -1.11. The number of nitrogens with zero attached hydrogens (tertiary/aromatic N) is 2. The number of aryl methyl sites for hydroxylation is 1. The quantitative estimate of drug-likeness (QED) is 0.590. The maximum atomic E-state index is 13.1. The van der Waals surface area contributed by atoms with Crippen molar-refractivity contribution in [3.8, 4) is 11.5 Å². The summed E-state index contributed by atoms with van der Waals surface area (Å²) in [6, 6.07) is 4.14. The number of carbonyl (C=O) groups is 2. The Bertz CT molecular complexity index is 1180. The van der Waals surface area contributed by atoms with Crippen LogP contribution in [-0.2, 0) is 4.79 Å². The number of carboxylic acids is 1. The van der Waals surface area contributed by atoms with E-state index in [1.54, 1.807) is 32.0 Å². The maximum absolute atomic E-state index is 13.1. The van der Waals surface area contributed by atoms with Gasteiger partial charge in [0.2, 0.25) is 5.91 Å². The fraction of sp³-hybridized carbons (Fsp3) is 0.300. The number of amides is 1. The number of nitrogens with one attached hydrogen (secondary N) is 1. The third kappa shape index (κ3) is 3.73. The van der Waals surface area contributed by atoms with Crippen LogP contribution in [0.2, 0.25) is 0 Å². The molecular weight excluding hydrogens is 410 g/mol. The van der Waals surface area contributed by atoms with Gasteiger partial charge in [0.1, 0.15) is 27.2 Å². The molecule has 2 aromatic heterocycles. The average molecular weight is 431 g/mol. The van der Waals surface area contributed by atoms with Gasteiger partial charge in [-0.15, -0.1) is 11.3 Å². The molecule has 0 saturated heterocycles. The molecule has 0 aliphatic rings. The summed E-state index contributed by atoms with van der Waals surface area (Å²) in [5.41, 5.74) is 0.294. The highest BCUT2D eigenvalue weighted by Crippen LogP contribution is 2.30. The lowest BCUT2D eigenvalue weighted by molar-refractivity contribution is -0.119. The zero-order valence-corrected chi connectivity index (χ0v) is 17.7. The Kier molecular flexibility index (Phi) is 6.06. The van der Waals surface area contributed by atoms with Crippen molar-refractivity contribution >= 4 is 39.1 Å². The van der Waals surface area contributed by atoms with Gasteiger partial charge in [-0.2, -0.15) is 0 Å². The summed E-state index contributed by atoms with van der Waals surface area (Å²) in [5.74, 6) is -0.566. The molecule has 3 aromatic rings. The number of methoxy groups -OCH3 is 2. The van der Waals surface area contributed by atoms with Crippen molar-refractivity contribution < 1.29 is 24.2 Å². The summed E-state index contributed by atoms with van der Waals surface area (Å²) in [6.45, 7) is 3.34. The predicted octanol–water partition coefficient (Wildman–Crippen LogP) is 3.07. The molecule has 0 saturated carbocycles. The van der Waals surface area contributed by atoms with Crippen molar-refractivity contribution in [2.75, 3.05) is 19.5 Å². The maximum Gasteiger partial charge on any atom is 0.346 e. The highest BCUT2D eigenvalue weighted by molar-refractivity contribution is 7.20. The number of ether oxygens (including phenoxy) is 2. The Balaban J connectivity index is 2.02. The topological polar surface area (TPSA) is 120 Å². The molecule has 2 N–H and O–H groups in total. The van der Waals surface area contributed by atoms with Crippen LogP contribution in [0.4, 0.5) is 5.69 Å². The van der Waals surface area contributed by atoms with Crippen molar-refractivity contribution in [2.45, 2.75) is 26.3 Å². The monoisotopic (exact) mass is 431 g/mol. The lowest BCUT2D eigenvalue weighted by Crippen LogP contribution is -2.33. The van der Waals surface area contributed by atoms with Crippen LogP contribution in [0.3, 0.4) is 0 Å². The molecular formula is C20H21N3O6S. The van der Waals surface area contributed by atoms with Gasteiger partial charge in [0, 0.05) is 6.07 Å². The largest absolute Gasteiger partial charge is 0.497 e. The minimum absolute atomic E-state index is 0.0611. The van der Waals surface area contributed by atoms with Crippen molar-refractivity contribution in [1.29, 1.82) is 0 Å². The number of benzene rings is 1. The zero-order valence-electron chi connectivity index (χ0n) is 16.9. The van der Waals surface area contributed by atoms with Crippen LogP contribution in [-0.4, -0.2) is 40.8 Å². The van der Waals surface area contributed by atoms with Crippen LogP contribution in [0.15, 0.2) is 29.3 Å². The SMILES string of the molecule is CCC(C(=O)Nc1cc(OC)ccc1OC)n1cnc2sc(C(=O)O)c(C)c2c1=O. The van der Waals surface area contributed by atoms with Crippen molar-refractivity contribution in [1.82, 2.24) is 9.55 Å². The number of aromatic nitrogens is 2. The smallest absolute Gasteiger partial charge is 0.346 e. The van der Waals surface area contributed by atoms with Crippen LogP contribution >= 0.6 is 11.3 Å². The Labute approximate surface area is 175 Å². The van der Waals surface area contributed by atoms with Gasteiger partial charge in [-0.05, 0) is 31.0 Å². The van der Waals surface area contributed by atoms with Gasteiger partial charge in [0.05, 0.1) is 31.6 Å². The lowest BCUT2D eigenvalue weighted by atomic mass is 10.1. The van der Waals surface area contributed by atoms with Crippen LogP contribution in [0.5, 0.6) is 11.5 Å². The molecule has 1 aromatic carbocycles. The first-order valence-electron chi connectivity index (χ1n) is 9.08. The van der Waals surface area contributed by atoms with Gasteiger partial charge < -0.3 is 19.9 Å². The summed E-state index contributed by atoms with van der Waals surface area (Å²) in [6.07, 6.45) is 1.60. The molecule has 0 spiro atoms. The van der Waals surface area contributed by atoms with E-state index in [4.69, 9.17) is 9.47 Å². The van der Waals surface area contributed by atoms with Crippen LogP contribution < -0.4 is 20.3 Å². The second kappa shape index (κ2) is 8.54. The molecule has 3 rings (SSSR count). The van der Waals surface area contributed by atoms with E-state index in [0.29, 0.717) is 34.0 Å². The fourth-order valence-corrected chi connectivity index (χ4v) is 4.18. The highest BCUT2D eigenvalue weighted by atomic mass is 32.1. The molecule has 0 aliphatic carbocycles. The lowest BCUT2D eigenvalue weighted by Gasteiger charge is -2.19. The number of aromatic carboxylic acids is 1. The second-order valence-corrected chi connectivity index (χ2v) is 7.48. The van der Waals surface area contributed by atoms with E-state index < -0.39 is 23.5 Å². The normalized spacial score (nSPS) is 11.9. The number of carbonyl (C=O) groups excluding carboxylic acids is 1. The number of anilines is 1. The van der Waals surface area contributed by atoms with Gasteiger partial charge in [0.25, 0.3) is 5.56 Å². The molecule has 0 fully saturated rings. The van der Waals surface area contributed by atoms with Gasteiger partial charge in [0.15, 0.2) is 0 Å². The molecule has 1 atom stereocenters. The molecule has 1 unspecified atom stereocenters. The summed E-state index contributed by atoms with van der Waals surface area (Å²) in [5, 5.41) is 12.3. The van der Waals surface area contributed by atoms with Crippen molar-refractivity contribution in [2.24, 2.45) is 0 Å². The minimum Gasteiger partial charge on any atom is -0.497 e. The molecule has 2 heterocycles. The van der Waals surface area contributed by atoms with Crippen LogP contribution in [0.1, 0.15) is 34.6 Å². The molecule has 9 nitrogen and oxygen atoms in total. The number of hydrogen-bond acceptors (Lipinski definition) is 7. The van der Waals surface area contributed by atoms with Crippen molar-refractivity contribution in [3.63, 3.8) is 0 Å². The summed E-state index contributed by atoms with van der Waals surface area (Å²) >= 11 is 0.939. The number of hydrogen-bond donors (Lipinski definition) is 2. The number of rotatable bonds is 7. The van der Waals surface area contributed by atoms with E-state index in [1.807, 2.05) is 0 Å². The number of carboxylic acid groups (broad SMARTS) is 1. The molecule has 0 bridgehead atoms. The highest BCUT2D eigenvalue weighted by Gasteiger charge is 2.25. The van der Waals surface area contributed by atoms with E-state index in [0.717, 1.165) is 11.3 Å². The number of fused-ring (bicyclic) bond motifs is 1. The summed E-state index contributed by atoms with van der Waals surface area (Å²) in [7, 11) is 2.99. The van der Waals surface area contributed by atoms with Crippen LogP contribution in [0.25, 0.3) is 10.2 Å². The van der Waals surface area contributed by atoms with Gasteiger partial charge in [-0.25, -0.2) is 9.78 Å². The first kappa shape index (κ1) is 21.3. The standard InChI is InChI=1S/C20H21N3O6S/c1-5-13(17(24)22-12-8-11(28-3)6-7-14(12)29-4)23-9-21-18-15(19(23)25)10(2)16(30-18)20(26)27/h6-9,13H,5H2,1-4H3,(H,22,24)(H,26,27). The molecule has 10 heteroatoms. The Morgan fingerprint density at radius 1 is 1.30 bits per heavy atom. The van der Waals surface area contributed by atoms with Crippen molar-refractivity contribution in [3.05, 3.63) is 45.3 Å². The summed E-state index contributed by atoms with van der Waals surface area (Å²) < 4.78 is 11.7. The van der Waals surface area contributed by atoms with E-state index in [-0.39, 0.29) is 10.3 Å². The average Bonchev–Trinajstić information content (AvgIpc) is 3.07. The number of thiophene rings is 1. The second-order valence-electron chi connectivity index (χ2n) is 6.48. The van der Waals surface area contributed by atoms with E-state index >= 15 is 0 Å². The van der Waals surface area contributed by atoms with E-state index in [2.05, 4.69) is 10.3 Å². The molecule has 158 valence electrons. The molecule has 0 aliphatic heterocycles. The zero-order chi connectivity index (χ0) is 22.0. The van der Waals surface area contributed by atoms with Gasteiger partial charge in [-0.3, -0.25) is 14.2 Å². The molecule has 0 radical (unpaired) electrons. The van der Waals surface area contributed by atoms with E-state index in [9.17, 15) is 19.5 Å². The predicted molar refractivity (Wildman–Crippen MR) is 113 cm³/mol. The van der Waals surface area contributed by atoms with Gasteiger partial charge in [-0.1, -0.05) is 6.92 Å². The van der Waals surface area contributed by atoms with Crippen LogP contribution in [0, 0.1) is 6.92 Å². The first-order valence-corrected chi connectivity index (χ1v) is 9.90. The van der Waals surface area contributed by atoms with Gasteiger partial charge >= 0.3 is 5.97 Å². The third-order valence-electron chi connectivity index (χ3n) is 4.76. The molecule has 30 heavy (non-hydrogen) atoms.